The minimum absolute atomic E-state index is 0.217. The van der Waals surface area contributed by atoms with E-state index in [4.69, 9.17) is 21.7 Å². The molecule has 1 fully saturated rings. The van der Waals surface area contributed by atoms with Crippen LogP contribution in [-0.4, -0.2) is 34.2 Å². The number of carbonyl (C=O) groups is 3. The second-order valence-electron chi connectivity index (χ2n) is 5.83. The molecule has 0 spiro atoms. The van der Waals surface area contributed by atoms with Crippen molar-refractivity contribution in [3.8, 4) is 11.5 Å². The zero-order chi connectivity index (χ0) is 21.0. The first-order valence-electron chi connectivity index (χ1n) is 8.39. The predicted molar refractivity (Wildman–Crippen MR) is 113 cm³/mol. The monoisotopic (exact) mass is 428 g/mol. The van der Waals surface area contributed by atoms with Crippen molar-refractivity contribution in [1.82, 2.24) is 10.4 Å². The van der Waals surface area contributed by atoms with Crippen LogP contribution >= 0.6 is 24.0 Å². The van der Waals surface area contributed by atoms with Crippen molar-refractivity contribution in [3.05, 3.63) is 64.6 Å². The molecule has 0 saturated carbocycles. The number of rotatable bonds is 5. The summed E-state index contributed by atoms with van der Waals surface area (Å²) < 4.78 is 10.5. The van der Waals surface area contributed by atoms with Gasteiger partial charge in [0.25, 0.3) is 11.8 Å². The van der Waals surface area contributed by atoms with Gasteiger partial charge in [0.15, 0.2) is 15.8 Å². The first kappa shape index (κ1) is 20.6. The molecule has 0 aliphatic carbocycles. The van der Waals surface area contributed by atoms with E-state index in [0.717, 1.165) is 16.8 Å². The Kier molecular flexibility index (Phi) is 6.30. The fraction of sp³-hybridized carbons (Fsp3) is 0.100. The van der Waals surface area contributed by atoms with Gasteiger partial charge in [-0.1, -0.05) is 36.0 Å². The molecule has 7 nitrogen and oxygen atoms in total. The predicted octanol–water partition coefficient (Wildman–Crippen LogP) is 3.17. The molecule has 1 N–H and O–H groups in total. The maximum Gasteiger partial charge on any atom is 0.308 e. The molecule has 148 valence electrons. The number of thiocarbonyl (C=S) groups is 1. The molecule has 0 atom stereocenters. The van der Waals surface area contributed by atoms with Crippen molar-refractivity contribution in [3.63, 3.8) is 0 Å². The highest BCUT2D eigenvalue weighted by Gasteiger charge is 2.33. The zero-order valence-corrected chi connectivity index (χ0v) is 17.1. The summed E-state index contributed by atoms with van der Waals surface area (Å²) in [6, 6.07) is 13.4. The number of hydrogen-bond acceptors (Lipinski definition) is 7. The van der Waals surface area contributed by atoms with Gasteiger partial charge < -0.3 is 9.47 Å². The zero-order valence-electron chi connectivity index (χ0n) is 15.5. The smallest absolute Gasteiger partial charge is 0.308 e. The topological polar surface area (TPSA) is 84.9 Å². The highest BCUT2D eigenvalue weighted by Crippen LogP contribution is 2.34. The van der Waals surface area contributed by atoms with Gasteiger partial charge in [-0.3, -0.25) is 19.8 Å². The molecule has 0 bridgehead atoms. The molecule has 9 heteroatoms. The molecule has 1 aliphatic heterocycles. The lowest BCUT2D eigenvalue weighted by atomic mass is 10.2. The standard InChI is InChI=1S/C20H16N2O5S2/c1-12(23)27-15-9-8-13(10-16(15)26-2)11-17-19(25)22(20(28)29-17)21-18(24)14-6-4-3-5-7-14/h3-11H,1-2H3,(H,21,24)/b17-11-. The van der Waals surface area contributed by atoms with Crippen LogP contribution in [0.15, 0.2) is 53.4 Å². The first-order chi connectivity index (χ1) is 13.9. The molecule has 29 heavy (non-hydrogen) atoms. The molecule has 0 unspecified atom stereocenters. The minimum Gasteiger partial charge on any atom is -0.493 e. The highest BCUT2D eigenvalue weighted by molar-refractivity contribution is 8.26. The van der Waals surface area contributed by atoms with Crippen molar-refractivity contribution in [1.29, 1.82) is 0 Å². The van der Waals surface area contributed by atoms with Gasteiger partial charge in [-0.25, -0.2) is 0 Å². The van der Waals surface area contributed by atoms with Crippen LogP contribution in [-0.2, 0) is 9.59 Å². The average Bonchev–Trinajstić information content (AvgIpc) is 2.96. The summed E-state index contributed by atoms with van der Waals surface area (Å²) in [5.74, 6) is -0.712. The maximum atomic E-state index is 12.7. The van der Waals surface area contributed by atoms with Gasteiger partial charge in [-0.15, -0.1) is 0 Å². The molecule has 1 saturated heterocycles. The van der Waals surface area contributed by atoms with Crippen LogP contribution in [0.4, 0.5) is 0 Å². The van der Waals surface area contributed by atoms with Crippen molar-refractivity contribution < 1.29 is 23.9 Å². The SMILES string of the molecule is COc1cc(/C=C2\SC(=S)N(NC(=O)c3ccccc3)C2=O)ccc1OC(C)=O. The third kappa shape index (κ3) is 4.82. The Morgan fingerprint density at radius 2 is 1.86 bits per heavy atom. The number of esters is 1. The highest BCUT2D eigenvalue weighted by atomic mass is 32.2. The molecule has 0 radical (unpaired) electrons. The van der Waals surface area contributed by atoms with E-state index in [0.29, 0.717) is 21.8 Å². The molecule has 2 aromatic rings. The summed E-state index contributed by atoms with van der Waals surface area (Å²) in [5.41, 5.74) is 3.58. The molecule has 3 rings (SSSR count). The van der Waals surface area contributed by atoms with Gasteiger partial charge in [-0.05, 0) is 48.1 Å². The van der Waals surface area contributed by atoms with Gasteiger partial charge in [0, 0.05) is 12.5 Å². The Bertz CT molecular complexity index is 1020. The summed E-state index contributed by atoms with van der Waals surface area (Å²) in [5, 5.41) is 1.05. The fourth-order valence-corrected chi connectivity index (χ4v) is 3.66. The van der Waals surface area contributed by atoms with Crippen LogP contribution in [0.1, 0.15) is 22.8 Å². The van der Waals surface area contributed by atoms with Crippen LogP contribution in [0, 0.1) is 0 Å². The van der Waals surface area contributed by atoms with Crippen LogP contribution in [0.3, 0.4) is 0 Å². The van der Waals surface area contributed by atoms with Crippen LogP contribution < -0.4 is 14.9 Å². The Balaban J connectivity index is 1.79. The number of nitrogens with zero attached hydrogens (tertiary/aromatic N) is 1. The maximum absolute atomic E-state index is 12.7. The molecule has 2 aromatic carbocycles. The quantitative estimate of drug-likeness (QED) is 0.339. The molecule has 2 amide bonds. The number of amides is 2. The summed E-state index contributed by atoms with van der Waals surface area (Å²) in [6.45, 7) is 1.29. The number of ether oxygens (including phenoxy) is 2. The van der Waals surface area contributed by atoms with Crippen molar-refractivity contribution in [2.24, 2.45) is 0 Å². The number of carbonyl (C=O) groups excluding carboxylic acids is 3. The molecular formula is C20H16N2O5S2. The summed E-state index contributed by atoms with van der Waals surface area (Å²) in [7, 11) is 1.45. The van der Waals surface area contributed by atoms with E-state index < -0.39 is 17.8 Å². The van der Waals surface area contributed by atoms with Gasteiger partial charge in [-0.2, -0.15) is 5.01 Å². The average molecular weight is 428 g/mol. The largest absolute Gasteiger partial charge is 0.493 e. The van der Waals surface area contributed by atoms with E-state index in [1.807, 2.05) is 0 Å². The lowest BCUT2D eigenvalue weighted by Crippen LogP contribution is -2.44. The van der Waals surface area contributed by atoms with Gasteiger partial charge in [0.05, 0.1) is 12.0 Å². The van der Waals surface area contributed by atoms with Crippen LogP contribution in [0.2, 0.25) is 0 Å². The lowest BCUT2D eigenvalue weighted by molar-refractivity contribution is -0.132. The van der Waals surface area contributed by atoms with Gasteiger partial charge in [0.1, 0.15) is 0 Å². The van der Waals surface area contributed by atoms with Gasteiger partial charge in [0.2, 0.25) is 0 Å². The van der Waals surface area contributed by atoms with Crippen molar-refractivity contribution in [2.45, 2.75) is 6.92 Å². The Morgan fingerprint density at radius 1 is 1.14 bits per heavy atom. The third-order valence-electron chi connectivity index (χ3n) is 3.78. The van der Waals surface area contributed by atoms with Crippen LogP contribution in [0.25, 0.3) is 6.08 Å². The molecule has 1 aliphatic rings. The lowest BCUT2D eigenvalue weighted by Gasteiger charge is -2.15. The van der Waals surface area contributed by atoms with E-state index in [1.54, 1.807) is 54.6 Å². The fourth-order valence-electron chi connectivity index (χ4n) is 2.48. The number of nitrogens with one attached hydrogen (secondary N) is 1. The number of benzene rings is 2. The van der Waals surface area contributed by atoms with E-state index in [-0.39, 0.29) is 10.1 Å². The van der Waals surface area contributed by atoms with Crippen molar-refractivity contribution in [2.75, 3.05) is 7.11 Å². The molecule has 0 aromatic heterocycles. The Hall–Kier alpha value is -3.17. The first-order valence-corrected chi connectivity index (χ1v) is 9.62. The number of hydrazine groups is 1. The van der Waals surface area contributed by atoms with E-state index >= 15 is 0 Å². The summed E-state index contributed by atoms with van der Waals surface area (Å²) in [4.78, 5) is 36.5. The Labute approximate surface area is 176 Å². The molecular weight excluding hydrogens is 412 g/mol. The normalized spacial score (nSPS) is 14.8. The van der Waals surface area contributed by atoms with E-state index in [9.17, 15) is 14.4 Å². The third-order valence-corrected chi connectivity index (χ3v) is 5.08. The van der Waals surface area contributed by atoms with E-state index in [1.165, 1.54) is 14.0 Å². The molecule has 1 heterocycles. The number of thioether (sulfide) groups is 1. The second-order valence-corrected chi connectivity index (χ2v) is 7.50. The Morgan fingerprint density at radius 3 is 2.52 bits per heavy atom. The summed E-state index contributed by atoms with van der Waals surface area (Å²) in [6.07, 6.45) is 1.62. The minimum atomic E-state index is -0.467. The van der Waals surface area contributed by atoms with Crippen molar-refractivity contribution >= 4 is 52.2 Å². The summed E-state index contributed by atoms with van der Waals surface area (Å²) >= 11 is 6.30. The second kappa shape index (κ2) is 8.89. The van der Waals surface area contributed by atoms with E-state index in [2.05, 4.69) is 5.43 Å². The van der Waals surface area contributed by atoms with Gasteiger partial charge >= 0.3 is 5.97 Å². The number of methoxy groups -OCH3 is 1. The number of hydrogen-bond donors (Lipinski definition) is 1. The van der Waals surface area contributed by atoms with Crippen LogP contribution in [0.5, 0.6) is 11.5 Å².